The van der Waals surface area contributed by atoms with Crippen LogP contribution in [0, 0.1) is 0 Å². The third-order valence-electron chi connectivity index (χ3n) is 0.999. The Labute approximate surface area is 69.9 Å². The average molecular weight is 205 g/mol. The molecule has 0 spiro atoms. The van der Waals surface area contributed by atoms with Gasteiger partial charge in [-0.3, -0.25) is 0 Å². The van der Waals surface area contributed by atoms with E-state index in [1.165, 1.54) is 0 Å². The fourth-order valence-corrected chi connectivity index (χ4v) is 1.11. The van der Waals surface area contributed by atoms with Gasteiger partial charge < -0.3 is 4.74 Å². The van der Waals surface area contributed by atoms with Gasteiger partial charge in [0.1, 0.15) is 0 Å². The first-order valence-electron chi connectivity index (χ1n) is 3.13. The lowest BCUT2D eigenvalue weighted by Crippen LogP contribution is -2.12. The van der Waals surface area contributed by atoms with Crippen molar-refractivity contribution in [2.75, 3.05) is 13.2 Å². The van der Waals surface area contributed by atoms with Gasteiger partial charge in [-0.05, 0) is 6.92 Å². The molecule has 0 amide bonds. The Morgan fingerprint density at radius 2 is 2.18 bits per heavy atom. The van der Waals surface area contributed by atoms with Crippen LogP contribution >= 0.6 is 10.7 Å². The molecule has 0 saturated carbocycles. The van der Waals surface area contributed by atoms with Gasteiger partial charge in [-0.2, -0.15) is 0 Å². The summed E-state index contributed by atoms with van der Waals surface area (Å²) in [7, 11) is 0.646. The van der Waals surface area contributed by atoms with Gasteiger partial charge in [0.05, 0.1) is 6.61 Å². The van der Waals surface area contributed by atoms with Crippen molar-refractivity contribution in [3.05, 3.63) is 0 Å². The van der Waals surface area contributed by atoms with Gasteiger partial charge in [-0.15, -0.1) is 0 Å². The van der Waals surface area contributed by atoms with Crippen LogP contribution in [0.15, 0.2) is 0 Å². The molecule has 0 N–H and O–H groups in total. The lowest BCUT2D eigenvalue weighted by Gasteiger charge is -2.03. The third-order valence-corrected chi connectivity index (χ3v) is 2.43. The number of hydrogen-bond acceptors (Lipinski definition) is 3. The van der Waals surface area contributed by atoms with Crippen LogP contribution in [0.25, 0.3) is 0 Å². The van der Waals surface area contributed by atoms with Crippen molar-refractivity contribution in [3.63, 3.8) is 0 Å². The lowest BCUT2D eigenvalue weighted by atomic mass is 10.5. The zero-order valence-corrected chi connectivity index (χ0v) is 7.66. The third kappa shape index (κ3) is 5.41. The van der Waals surface area contributed by atoms with Gasteiger partial charge in [-0.25, -0.2) is 12.8 Å². The first-order valence-corrected chi connectivity index (χ1v) is 5.51. The number of halogens is 2. The molecule has 6 heteroatoms. The van der Waals surface area contributed by atoms with Crippen LogP contribution in [0.1, 0.15) is 13.3 Å². The smallest absolute Gasteiger partial charge is 0.264 e. The molecule has 0 bridgehead atoms. The van der Waals surface area contributed by atoms with Crippen LogP contribution in [0.3, 0.4) is 0 Å². The summed E-state index contributed by atoms with van der Waals surface area (Å²) >= 11 is 0. The summed E-state index contributed by atoms with van der Waals surface area (Å²) in [6, 6.07) is 0. The summed E-state index contributed by atoms with van der Waals surface area (Å²) in [5.74, 6) is 0. The minimum Gasteiger partial charge on any atom is -0.382 e. The summed E-state index contributed by atoms with van der Waals surface area (Å²) in [5.41, 5.74) is -2.02. The quantitative estimate of drug-likeness (QED) is 0.501. The molecule has 0 aromatic heterocycles. The van der Waals surface area contributed by atoms with Crippen molar-refractivity contribution in [3.8, 4) is 0 Å². The molecule has 68 valence electrons. The van der Waals surface area contributed by atoms with Crippen LogP contribution in [-0.4, -0.2) is 27.1 Å². The highest BCUT2D eigenvalue weighted by Gasteiger charge is 2.21. The zero-order chi connectivity index (χ0) is 8.91. The molecule has 0 aliphatic rings. The monoisotopic (exact) mass is 204 g/mol. The molecular weight excluding hydrogens is 195 g/mol. The van der Waals surface area contributed by atoms with E-state index < -0.39 is 14.6 Å². The number of ether oxygens (including phenoxy) is 1. The van der Waals surface area contributed by atoms with E-state index in [0.29, 0.717) is 6.61 Å². The van der Waals surface area contributed by atoms with Crippen molar-refractivity contribution in [1.82, 2.24) is 0 Å². The van der Waals surface area contributed by atoms with E-state index in [-0.39, 0.29) is 13.0 Å². The summed E-state index contributed by atoms with van der Waals surface area (Å²) in [6.45, 7) is 2.25. The Hall–Kier alpha value is 0.130. The number of rotatable bonds is 5. The van der Waals surface area contributed by atoms with Gasteiger partial charge >= 0.3 is 0 Å². The second kappa shape index (κ2) is 4.90. The van der Waals surface area contributed by atoms with E-state index in [1.807, 2.05) is 0 Å². The van der Waals surface area contributed by atoms with E-state index in [4.69, 9.17) is 15.4 Å². The highest BCUT2D eigenvalue weighted by molar-refractivity contribution is 8.14. The summed E-state index contributed by atoms with van der Waals surface area (Å²) in [6.07, 6.45) is -0.209. The predicted molar refractivity (Wildman–Crippen MR) is 40.8 cm³/mol. The molecule has 0 rings (SSSR count). The zero-order valence-electron chi connectivity index (χ0n) is 6.09. The normalized spacial score (nSPS) is 14.8. The topological polar surface area (TPSA) is 43.4 Å². The molecule has 11 heavy (non-hydrogen) atoms. The van der Waals surface area contributed by atoms with E-state index in [2.05, 4.69) is 0 Å². The summed E-state index contributed by atoms with van der Waals surface area (Å²) in [4.78, 5) is 0. The van der Waals surface area contributed by atoms with E-state index in [1.54, 1.807) is 6.92 Å². The maximum Gasteiger partial charge on any atom is 0.264 e. The SMILES string of the molecule is CCOCCC(F)S(=O)(=O)Cl. The maximum atomic E-state index is 12.4. The summed E-state index contributed by atoms with van der Waals surface area (Å²) < 4.78 is 37.7. The highest BCUT2D eigenvalue weighted by Crippen LogP contribution is 2.12. The molecule has 1 atom stereocenters. The van der Waals surface area contributed by atoms with Crippen molar-refractivity contribution in [2.24, 2.45) is 0 Å². The van der Waals surface area contributed by atoms with Gasteiger partial charge in [0.2, 0.25) is 5.50 Å². The Morgan fingerprint density at radius 1 is 1.64 bits per heavy atom. The molecule has 0 fully saturated rings. The first-order chi connectivity index (χ1) is 4.98. The van der Waals surface area contributed by atoms with Crippen LogP contribution in [0.4, 0.5) is 4.39 Å². The minimum absolute atomic E-state index is 0.0730. The Balaban J connectivity index is 3.62. The standard InChI is InChI=1S/C5H10ClFO3S/c1-2-10-4-3-5(7)11(6,8)9/h5H,2-4H2,1H3. The average Bonchev–Trinajstić information content (AvgIpc) is 1.86. The van der Waals surface area contributed by atoms with Crippen molar-refractivity contribution >= 4 is 19.7 Å². The molecule has 0 radical (unpaired) electrons. The van der Waals surface area contributed by atoms with Crippen molar-refractivity contribution < 1.29 is 17.5 Å². The fourth-order valence-electron chi connectivity index (χ4n) is 0.461. The van der Waals surface area contributed by atoms with Crippen molar-refractivity contribution in [1.29, 1.82) is 0 Å². The molecular formula is C5H10ClFO3S. The minimum atomic E-state index is -4.06. The van der Waals surface area contributed by atoms with Gasteiger partial charge in [0.15, 0.2) is 0 Å². The largest absolute Gasteiger partial charge is 0.382 e. The molecule has 0 aliphatic carbocycles. The molecule has 0 heterocycles. The first kappa shape index (κ1) is 11.1. The maximum absolute atomic E-state index is 12.4. The number of hydrogen-bond donors (Lipinski definition) is 0. The molecule has 0 aromatic carbocycles. The Kier molecular flexibility index (Phi) is 4.96. The van der Waals surface area contributed by atoms with Gasteiger partial charge in [0, 0.05) is 23.7 Å². The predicted octanol–water partition coefficient (Wildman–Crippen LogP) is 1.28. The van der Waals surface area contributed by atoms with Gasteiger partial charge in [-0.1, -0.05) is 0 Å². The summed E-state index contributed by atoms with van der Waals surface area (Å²) in [5, 5.41) is 0. The van der Waals surface area contributed by atoms with Crippen molar-refractivity contribution in [2.45, 2.75) is 18.8 Å². The van der Waals surface area contributed by atoms with E-state index >= 15 is 0 Å². The molecule has 0 saturated heterocycles. The number of alkyl halides is 1. The molecule has 1 unspecified atom stereocenters. The molecule has 0 aliphatic heterocycles. The molecule has 3 nitrogen and oxygen atoms in total. The van der Waals surface area contributed by atoms with E-state index in [9.17, 15) is 12.8 Å². The van der Waals surface area contributed by atoms with Crippen LogP contribution in [0.2, 0.25) is 0 Å². The van der Waals surface area contributed by atoms with Crippen LogP contribution < -0.4 is 0 Å². The highest BCUT2D eigenvalue weighted by atomic mass is 35.7. The van der Waals surface area contributed by atoms with E-state index in [0.717, 1.165) is 0 Å². The molecule has 0 aromatic rings. The van der Waals surface area contributed by atoms with Gasteiger partial charge in [0.25, 0.3) is 9.05 Å². The van der Waals surface area contributed by atoms with Crippen LogP contribution in [-0.2, 0) is 13.8 Å². The van der Waals surface area contributed by atoms with Crippen LogP contribution in [0.5, 0.6) is 0 Å². The second-order valence-corrected chi connectivity index (χ2v) is 4.62. The fraction of sp³-hybridized carbons (Fsp3) is 1.00. The Morgan fingerprint density at radius 3 is 2.55 bits per heavy atom. The lowest BCUT2D eigenvalue weighted by molar-refractivity contribution is 0.134. The second-order valence-electron chi connectivity index (χ2n) is 1.87. The Bertz CT molecular complexity index is 192.